The average Bonchev–Trinajstić information content (AvgIpc) is 2.78. The van der Waals surface area contributed by atoms with Gasteiger partial charge in [0.15, 0.2) is 0 Å². The molecule has 3 N–H and O–H groups in total. The van der Waals surface area contributed by atoms with E-state index in [4.69, 9.17) is 5.73 Å². The number of nitrogen functional groups attached to an aromatic ring is 1. The van der Waals surface area contributed by atoms with E-state index in [1.807, 2.05) is 31.2 Å². The van der Waals surface area contributed by atoms with Crippen LogP contribution in [0, 0.1) is 0 Å². The van der Waals surface area contributed by atoms with Crippen molar-refractivity contribution < 1.29 is 4.79 Å². The second kappa shape index (κ2) is 4.39. The lowest BCUT2D eigenvalue weighted by molar-refractivity contribution is -0.115. The van der Waals surface area contributed by atoms with Crippen LogP contribution in [0.25, 0.3) is 11.1 Å². The SMILES string of the molecule is CCc1nc(N)ccc1-c1cccc2c1NC(=O)C2. The predicted molar refractivity (Wildman–Crippen MR) is 75.8 cm³/mol. The van der Waals surface area contributed by atoms with Gasteiger partial charge in [-0.2, -0.15) is 0 Å². The van der Waals surface area contributed by atoms with Crippen LogP contribution < -0.4 is 11.1 Å². The Labute approximate surface area is 111 Å². The Kier molecular flexibility index (Phi) is 2.71. The number of aryl methyl sites for hydroxylation is 1. The monoisotopic (exact) mass is 253 g/mol. The van der Waals surface area contributed by atoms with E-state index in [1.54, 1.807) is 6.07 Å². The van der Waals surface area contributed by atoms with Crippen molar-refractivity contribution in [3.05, 3.63) is 41.6 Å². The smallest absolute Gasteiger partial charge is 0.228 e. The molecule has 0 unspecified atom stereocenters. The maximum atomic E-state index is 11.5. The average molecular weight is 253 g/mol. The number of nitrogens with two attached hydrogens (primary N) is 1. The molecule has 1 aliphatic heterocycles. The van der Waals surface area contributed by atoms with Gasteiger partial charge in [-0.1, -0.05) is 25.1 Å². The molecule has 1 aliphatic rings. The van der Waals surface area contributed by atoms with Gasteiger partial charge in [0.2, 0.25) is 5.91 Å². The van der Waals surface area contributed by atoms with E-state index in [1.165, 1.54) is 0 Å². The molecular formula is C15H15N3O. The molecule has 96 valence electrons. The first-order valence-corrected chi connectivity index (χ1v) is 6.36. The van der Waals surface area contributed by atoms with Crippen molar-refractivity contribution >= 4 is 17.4 Å². The first kappa shape index (κ1) is 11.7. The largest absolute Gasteiger partial charge is 0.384 e. The van der Waals surface area contributed by atoms with Gasteiger partial charge in [0.1, 0.15) is 5.82 Å². The molecule has 2 aromatic rings. The van der Waals surface area contributed by atoms with E-state index in [0.717, 1.165) is 34.5 Å². The number of nitrogens with one attached hydrogen (secondary N) is 1. The number of rotatable bonds is 2. The Balaban J connectivity index is 2.19. The van der Waals surface area contributed by atoms with Gasteiger partial charge in [0.05, 0.1) is 17.8 Å². The minimum atomic E-state index is 0.0453. The Morgan fingerprint density at radius 2 is 2.11 bits per heavy atom. The van der Waals surface area contributed by atoms with Crippen LogP contribution in [0.2, 0.25) is 0 Å². The highest BCUT2D eigenvalue weighted by Crippen LogP contribution is 2.36. The van der Waals surface area contributed by atoms with Crippen molar-refractivity contribution in [3.63, 3.8) is 0 Å². The molecule has 0 fully saturated rings. The normalized spacial score (nSPS) is 13.2. The topological polar surface area (TPSA) is 68.0 Å². The lowest BCUT2D eigenvalue weighted by Crippen LogP contribution is -2.05. The van der Waals surface area contributed by atoms with Gasteiger partial charge in [0, 0.05) is 11.1 Å². The third-order valence-electron chi connectivity index (χ3n) is 3.39. The zero-order valence-corrected chi connectivity index (χ0v) is 10.7. The fraction of sp³-hybridized carbons (Fsp3) is 0.200. The summed E-state index contributed by atoms with van der Waals surface area (Å²) in [5.74, 6) is 0.570. The quantitative estimate of drug-likeness (QED) is 0.863. The zero-order chi connectivity index (χ0) is 13.4. The lowest BCUT2D eigenvalue weighted by Gasteiger charge is -2.12. The summed E-state index contributed by atoms with van der Waals surface area (Å²) in [6, 6.07) is 9.74. The lowest BCUT2D eigenvalue weighted by atomic mass is 9.98. The van der Waals surface area contributed by atoms with Gasteiger partial charge in [-0.15, -0.1) is 0 Å². The second-order valence-electron chi connectivity index (χ2n) is 4.65. The number of nitrogens with zero attached hydrogens (tertiary/aromatic N) is 1. The number of amides is 1. The van der Waals surface area contributed by atoms with Crippen molar-refractivity contribution in [1.82, 2.24) is 4.98 Å². The van der Waals surface area contributed by atoms with Gasteiger partial charge in [0.25, 0.3) is 0 Å². The van der Waals surface area contributed by atoms with Gasteiger partial charge in [-0.3, -0.25) is 4.79 Å². The van der Waals surface area contributed by atoms with Crippen molar-refractivity contribution in [2.45, 2.75) is 19.8 Å². The van der Waals surface area contributed by atoms with Gasteiger partial charge >= 0.3 is 0 Å². The summed E-state index contributed by atoms with van der Waals surface area (Å²) in [6.45, 7) is 2.05. The number of anilines is 2. The van der Waals surface area contributed by atoms with Crippen LogP contribution in [0.15, 0.2) is 30.3 Å². The molecule has 3 rings (SSSR count). The molecule has 0 spiro atoms. The molecule has 19 heavy (non-hydrogen) atoms. The Bertz CT molecular complexity index is 664. The molecule has 0 bridgehead atoms. The number of para-hydroxylation sites is 1. The first-order valence-electron chi connectivity index (χ1n) is 6.36. The van der Waals surface area contributed by atoms with Crippen molar-refractivity contribution in [2.75, 3.05) is 11.1 Å². The summed E-state index contributed by atoms with van der Waals surface area (Å²) >= 11 is 0. The summed E-state index contributed by atoms with van der Waals surface area (Å²) in [7, 11) is 0. The van der Waals surface area contributed by atoms with Gasteiger partial charge in [-0.25, -0.2) is 4.98 Å². The molecule has 1 amide bonds. The minimum Gasteiger partial charge on any atom is -0.384 e. The maximum absolute atomic E-state index is 11.5. The first-order chi connectivity index (χ1) is 9.19. The van der Waals surface area contributed by atoms with E-state index in [2.05, 4.69) is 10.3 Å². The third kappa shape index (κ3) is 1.95. The minimum absolute atomic E-state index is 0.0453. The number of carbonyl (C=O) groups is 1. The van der Waals surface area contributed by atoms with Crippen LogP contribution in [0.1, 0.15) is 18.2 Å². The van der Waals surface area contributed by atoms with Crippen LogP contribution in [-0.4, -0.2) is 10.9 Å². The summed E-state index contributed by atoms with van der Waals surface area (Å²) < 4.78 is 0. The summed E-state index contributed by atoms with van der Waals surface area (Å²) in [5.41, 5.74) is 10.7. The van der Waals surface area contributed by atoms with Gasteiger partial charge in [-0.05, 0) is 24.1 Å². The number of hydrogen-bond donors (Lipinski definition) is 2. The summed E-state index contributed by atoms with van der Waals surface area (Å²) in [5, 5.41) is 2.93. The molecule has 0 aliphatic carbocycles. The van der Waals surface area contributed by atoms with Crippen LogP contribution in [0.4, 0.5) is 11.5 Å². The van der Waals surface area contributed by atoms with Crippen LogP contribution >= 0.6 is 0 Å². The predicted octanol–water partition coefficient (Wildman–Crippen LogP) is 2.39. The fourth-order valence-electron chi connectivity index (χ4n) is 2.51. The summed E-state index contributed by atoms with van der Waals surface area (Å²) in [6.07, 6.45) is 1.25. The van der Waals surface area contributed by atoms with Crippen LogP contribution in [0.5, 0.6) is 0 Å². The van der Waals surface area contributed by atoms with E-state index in [-0.39, 0.29) is 5.91 Å². The molecule has 4 heteroatoms. The van der Waals surface area contributed by atoms with Crippen molar-refractivity contribution in [1.29, 1.82) is 0 Å². The van der Waals surface area contributed by atoms with Crippen LogP contribution in [0.3, 0.4) is 0 Å². The molecule has 0 radical (unpaired) electrons. The molecular weight excluding hydrogens is 238 g/mol. The molecule has 2 heterocycles. The number of carbonyl (C=O) groups excluding carboxylic acids is 1. The van der Waals surface area contributed by atoms with Gasteiger partial charge < -0.3 is 11.1 Å². The third-order valence-corrected chi connectivity index (χ3v) is 3.39. The van der Waals surface area contributed by atoms with E-state index in [0.29, 0.717) is 12.2 Å². The number of benzene rings is 1. The highest BCUT2D eigenvalue weighted by atomic mass is 16.1. The van der Waals surface area contributed by atoms with E-state index in [9.17, 15) is 4.79 Å². The van der Waals surface area contributed by atoms with Crippen LogP contribution in [-0.2, 0) is 17.6 Å². The highest BCUT2D eigenvalue weighted by molar-refractivity contribution is 6.03. The molecule has 0 saturated carbocycles. The molecule has 0 atom stereocenters. The maximum Gasteiger partial charge on any atom is 0.228 e. The highest BCUT2D eigenvalue weighted by Gasteiger charge is 2.21. The molecule has 0 saturated heterocycles. The van der Waals surface area contributed by atoms with E-state index >= 15 is 0 Å². The van der Waals surface area contributed by atoms with Crippen molar-refractivity contribution in [2.24, 2.45) is 0 Å². The number of pyridine rings is 1. The number of hydrogen-bond acceptors (Lipinski definition) is 3. The Morgan fingerprint density at radius 3 is 2.89 bits per heavy atom. The number of fused-ring (bicyclic) bond motifs is 1. The second-order valence-corrected chi connectivity index (χ2v) is 4.65. The standard InChI is InChI=1S/C15H15N3O/c1-2-12-10(6-7-13(16)17-12)11-5-3-4-9-8-14(19)18-15(9)11/h3-7H,2,8H2,1H3,(H2,16,17)(H,18,19). The Morgan fingerprint density at radius 1 is 1.26 bits per heavy atom. The van der Waals surface area contributed by atoms with E-state index < -0.39 is 0 Å². The Hall–Kier alpha value is -2.36. The molecule has 4 nitrogen and oxygen atoms in total. The number of aromatic nitrogens is 1. The zero-order valence-electron chi connectivity index (χ0n) is 10.7. The van der Waals surface area contributed by atoms with Crippen molar-refractivity contribution in [3.8, 4) is 11.1 Å². The summed E-state index contributed by atoms with van der Waals surface area (Å²) in [4.78, 5) is 15.9. The molecule has 1 aromatic carbocycles. The fourth-order valence-corrected chi connectivity index (χ4v) is 2.51. The molecule has 1 aromatic heterocycles.